The maximum absolute atomic E-state index is 10.3. The van der Waals surface area contributed by atoms with Crippen molar-refractivity contribution in [2.45, 2.75) is 39.0 Å². The molecule has 0 bridgehead atoms. The van der Waals surface area contributed by atoms with E-state index in [9.17, 15) is 9.70 Å². The standard InChI is InChI=1S/C9H18N2O3/c1-2-3-4-7-11(10-14)8-5-6-9(12)13/h2-8H2,1H3,(H,12,13). The van der Waals surface area contributed by atoms with Crippen molar-refractivity contribution in [3.05, 3.63) is 4.91 Å². The van der Waals surface area contributed by atoms with E-state index in [0.29, 0.717) is 19.5 Å². The van der Waals surface area contributed by atoms with E-state index in [-0.39, 0.29) is 6.42 Å². The zero-order valence-corrected chi connectivity index (χ0v) is 8.61. The quantitative estimate of drug-likeness (QED) is 0.353. The fraction of sp³-hybridized carbons (Fsp3) is 0.889. The summed E-state index contributed by atoms with van der Waals surface area (Å²) in [5.41, 5.74) is 0. The molecule has 0 aliphatic heterocycles. The van der Waals surface area contributed by atoms with Crippen LogP contribution in [-0.2, 0) is 4.79 Å². The fourth-order valence-electron chi connectivity index (χ4n) is 1.15. The zero-order valence-electron chi connectivity index (χ0n) is 8.61. The monoisotopic (exact) mass is 202 g/mol. The Bertz CT molecular complexity index is 173. The number of nitrogens with zero attached hydrogens (tertiary/aromatic N) is 2. The molecule has 82 valence electrons. The Labute approximate surface area is 84.0 Å². The number of nitroso groups, excluding NO2 is 1. The molecule has 14 heavy (non-hydrogen) atoms. The number of carbonyl (C=O) groups is 1. The number of unbranched alkanes of at least 4 members (excludes halogenated alkanes) is 2. The minimum Gasteiger partial charge on any atom is -0.481 e. The normalized spacial score (nSPS) is 9.79. The van der Waals surface area contributed by atoms with Crippen LogP contribution in [0.15, 0.2) is 5.29 Å². The van der Waals surface area contributed by atoms with Gasteiger partial charge in [-0.25, -0.2) is 0 Å². The summed E-state index contributed by atoms with van der Waals surface area (Å²) in [6, 6.07) is 0. The van der Waals surface area contributed by atoms with E-state index >= 15 is 0 Å². The third-order valence-corrected chi connectivity index (χ3v) is 1.94. The highest BCUT2D eigenvalue weighted by molar-refractivity contribution is 5.66. The van der Waals surface area contributed by atoms with Gasteiger partial charge < -0.3 is 5.11 Å². The minimum absolute atomic E-state index is 0.0970. The molecule has 0 aliphatic carbocycles. The van der Waals surface area contributed by atoms with Gasteiger partial charge in [0.05, 0.1) is 5.29 Å². The SMILES string of the molecule is CCCCCN(CCCC(=O)O)N=O. The summed E-state index contributed by atoms with van der Waals surface area (Å²) in [5, 5.41) is 12.6. The molecule has 0 saturated heterocycles. The van der Waals surface area contributed by atoms with Gasteiger partial charge in [0.1, 0.15) is 0 Å². The molecule has 0 aliphatic rings. The van der Waals surface area contributed by atoms with E-state index in [4.69, 9.17) is 5.11 Å². The molecule has 0 radical (unpaired) electrons. The number of rotatable bonds is 9. The molecule has 0 amide bonds. The van der Waals surface area contributed by atoms with Crippen LogP contribution in [0.3, 0.4) is 0 Å². The first-order valence-electron chi connectivity index (χ1n) is 5.00. The van der Waals surface area contributed by atoms with Gasteiger partial charge in [-0.1, -0.05) is 19.8 Å². The number of hydrogen-bond donors (Lipinski definition) is 1. The molecule has 0 aromatic carbocycles. The summed E-state index contributed by atoms with van der Waals surface area (Å²) >= 11 is 0. The molecule has 0 fully saturated rings. The predicted octanol–water partition coefficient (Wildman–Crippen LogP) is 2.02. The van der Waals surface area contributed by atoms with Gasteiger partial charge in [-0.15, -0.1) is 4.91 Å². The summed E-state index contributed by atoms with van der Waals surface area (Å²) in [6.45, 7) is 3.17. The van der Waals surface area contributed by atoms with Crippen LogP contribution in [0.1, 0.15) is 39.0 Å². The van der Waals surface area contributed by atoms with Crippen LogP contribution in [0.25, 0.3) is 0 Å². The van der Waals surface area contributed by atoms with Crippen LogP contribution in [0.5, 0.6) is 0 Å². The third-order valence-electron chi connectivity index (χ3n) is 1.94. The number of carboxylic acids is 1. The number of hydrogen-bond acceptors (Lipinski definition) is 3. The average Bonchev–Trinajstić information content (AvgIpc) is 2.15. The number of aliphatic carboxylic acids is 1. The molecule has 1 N–H and O–H groups in total. The highest BCUT2D eigenvalue weighted by atomic mass is 16.4. The molecule has 0 aromatic rings. The van der Waals surface area contributed by atoms with E-state index in [2.05, 4.69) is 12.2 Å². The Hall–Kier alpha value is -1.13. The van der Waals surface area contributed by atoms with Gasteiger partial charge in [0.2, 0.25) is 0 Å². The van der Waals surface area contributed by atoms with Gasteiger partial charge in [-0.3, -0.25) is 9.80 Å². The minimum atomic E-state index is -0.829. The Kier molecular flexibility index (Phi) is 7.78. The first-order chi connectivity index (χ1) is 6.70. The van der Waals surface area contributed by atoms with Crippen LogP contribution in [0.2, 0.25) is 0 Å². The van der Waals surface area contributed by atoms with E-state index in [1.807, 2.05) is 0 Å². The maximum atomic E-state index is 10.3. The summed E-state index contributed by atoms with van der Waals surface area (Å²) in [5.74, 6) is -0.829. The lowest BCUT2D eigenvalue weighted by Crippen LogP contribution is -2.20. The van der Waals surface area contributed by atoms with Crippen LogP contribution in [0, 0.1) is 4.91 Å². The second-order valence-corrected chi connectivity index (χ2v) is 3.24. The smallest absolute Gasteiger partial charge is 0.303 e. The van der Waals surface area contributed by atoms with E-state index in [0.717, 1.165) is 19.3 Å². The molecule has 5 heteroatoms. The van der Waals surface area contributed by atoms with Crippen LogP contribution in [-0.4, -0.2) is 29.2 Å². The second kappa shape index (κ2) is 8.47. The molecular weight excluding hydrogens is 184 g/mol. The van der Waals surface area contributed by atoms with Crippen molar-refractivity contribution >= 4 is 5.97 Å². The lowest BCUT2D eigenvalue weighted by atomic mass is 10.2. The Morgan fingerprint density at radius 1 is 1.29 bits per heavy atom. The molecule has 0 rings (SSSR count). The van der Waals surface area contributed by atoms with Gasteiger partial charge in [0.15, 0.2) is 0 Å². The Morgan fingerprint density at radius 2 is 1.93 bits per heavy atom. The van der Waals surface area contributed by atoms with Gasteiger partial charge >= 0.3 is 5.97 Å². The van der Waals surface area contributed by atoms with Gasteiger partial charge in [0.25, 0.3) is 0 Å². The first-order valence-corrected chi connectivity index (χ1v) is 5.00. The maximum Gasteiger partial charge on any atom is 0.303 e. The van der Waals surface area contributed by atoms with Crippen molar-refractivity contribution in [2.24, 2.45) is 5.29 Å². The van der Waals surface area contributed by atoms with Gasteiger partial charge in [-0.2, -0.15) is 0 Å². The van der Waals surface area contributed by atoms with Crippen molar-refractivity contribution in [2.75, 3.05) is 13.1 Å². The predicted molar refractivity (Wildman–Crippen MR) is 53.8 cm³/mol. The van der Waals surface area contributed by atoms with Crippen LogP contribution in [0.4, 0.5) is 0 Å². The lowest BCUT2D eigenvalue weighted by Gasteiger charge is -2.13. The van der Waals surface area contributed by atoms with Crippen molar-refractivity contribution in [3.63, 3.8) is 0 Å². The molecule has 5 nitrogen and oxygen atoms in total. The molecular formula is C9H18N2O3. The second-order valence-electron chi connectivity index (χ2n) is 3.24. The van der Waals surface area contributed by atoms with Crippen LogP contribution < -0.4 is 0 Å². The summed E-state index contributed by atoms with van der Waals surface area (Å²) in [4.78, 5) is 20.5. The first kappa shape index (κ1) is 12.9. The third kappa shape index (κ3) is 7.52. The van der Waals surface area contributed by atoms with Crippen molar-refractivity contribution in [1.29, 1.82) is 0 Å². The zero-order chi connectivity index (χ0) is 10.8. The topological polar surface area (TPSA) is 70.0 Å². The van der Waals surface area contributed by atoms with Gasteiger partial charge in [-0.05, 0) is 12.8 Å². The fourth-order valence-corrected chi connectivity index (χ4v) is 1.15. The van der Waals surface area contributed by atoms with E-state index in [1.54, 1.807) is 0 Å². The highest BCUT2D eigenvalue weighted by Crippen LogP contribution is 2.01. The molecule has 0 atom stereocenters. The molecule has 0 spiro atoms. The van der Waals surface area contributed by atoms with Crippen molar-refractivity contribution in [3.8, 4) is 0 Å². The van der Waals surface area contributed by atoms with Crippen molar-refractivity contribution < 1.29 is 9.90 Å². The largest absolute Gasteiger partial charge is 0.481 e. The summed E-state index contributed by atoms with van der Waals surface area (Å²) in [6.07, 6.45) is 3.69. The molecule has 0 saturated carbocycles. The average molecular weight is 202 g/mol. The van der Waals surface area contributed by atoms with E-state index < -0.39 is 5.97 Å². The van der Waals surface area contributed by atoms with Crippen molar-refractivity contribution in [1.82, 2.24) is 5.01 Å². The molecule has 0 unspecified atom stereocenters. The summed E-state index contributed by atoms with van der Waals surface area (Å²) in [7, 11) is 0. The number of carboxylic acid groups (broad SMARTS) is 1. The van der Waals surface area contributed by atoms with Crippen LogP contribution >= 0.6 is 0 Å². The lowest BCUT2D eigenvalue weighted by molar-refractivity contribution is -0.137. The Morgan fingerprint density at radius 3 is 2.43 bits per heavy atom. The van der Waals surface area contributed by atoms with E-state index in [1.165, 1.54) is 5.01 Å². The van der Waals surface area contributed by atoms with Gasteiger partial charge in [0, 0.05) is 19.5 Å². The molecule has 0 aromatic heterocycles. The highest BCUT2D eigenvalue weighted by Gasteiger charge is 2.03. The molecule has 0 heterocycles. The summed E-state index contributed by atoms with van der Waals surface area (Å²) < 4.78 is 0. The Balaban J connectivity index is 3.47.